The van der Waals surface area contributed by atoms with Crippen LogP contribution >= 0.6 is 0 Å². The molecule has 1 aromatic heterocycles. The molecule has 0 unspecified atom stereocenters. The lowest BCUT2D eigenvalue weighted by Gasteiger charge is -2.33. The van der Waals surface area contributed by atoms with Crippen molar-refractivity contribution in [1.29, 1.82) is 0 Å². The number of aromatic carboxylic acids is 1. The van der Waals surface area contributed by atoms with Crippen molar-refractivity contribution in [3.63, 3.8) is 0 Å². The molecule has 0 saturated carbocycles. The van der Waals surface area contributed by atoms with E-state index in [1.54, 1.807) is 4.90 Å². The minimum Gasteiger partial charge on any atom is -0.478 e. The van der Waals surface area contributed by atoms with Crippen molar-refractivity contribution in [3.8, 4) is 0 Å². The van der Waals surface area contributed by atoms with E-state index in [-0.39, 0.29) is 17.2 Å². The summed E-state index contributed by atoms with van der Waals surface area (Å²) in [5, 5.41) is 9.07. The number of hydrogen-bond donors (Lipinski definition) is 1. The molecule has 6 nitrogen and oxygen atoms in total. The molecule has 0 bridgehead atoms. The molecule has 0 atom stereocenters. The Balaban J connectivity index is 2.15. The van der Waals surface area contributed by atoms with Crippen molar-refractivity contribution < 1.29 is 14.7 Å². The molecular formula is C13H17N3O3. The van der Waals surface area contributed by atoms with Crippen LogP contribution in [-0.4, -0.2) is 64.5 Å². The van der Waals surface area contributed by atoms with Crippen molar-refractivity contribution in [2.75, 3.05) is 32.7 Å². The number of amides is 1. The number of carbonyl (C=O) groups excluding carboxylic acids is 1. The molecule has 2 heterocycles. The number of carboxylic acids is 1. The van der Waals surface area contributed by atoms with Gasteiger partial charge >= 0.3 is 5.97 Å². The quantitative estimate of drug-likeness (QED) is 0.862. The molecule has 6 heteroatoms. The maximum absolute atomic E-state index is 12.3. The number of carbonyl (C=O) groups is 2. The summed E-state index contributed by atoms with van der Waals surface area (Å²) in [4.78, 5) is 31.2. The minimum absolute atomic E-state index is 0.0277. The summed E-state index contributed by atoms with van der Waals surface area (Å²) in [6, 6.07) is 2.93. The van der Waals surface area contributed by atoms with Crippen molar-refractivity contribution in [2.45, 2.75) is 6.92 Å². The Morgan fingerprint density at radius 3 is 2.58 bits per heavy atom. The van der Waals surface area contributed by atoms with Crippen LogP contribution in [0.3, 0.4) is 0 Å². The molecule has 0 radical (unpaired) electrons. The summed E-state index contributed by atoms with van der Waals surface area (Å²) in [5.41, 5.74) is -0.00892. The predicted octanol–water partition coefficient (Wildman–Crippen LogP) is 0.557. The van der Waals surface area contributed by atoms with Gasteiger partial charge in [-0.05, 0) is 18.7 Å². The van der Waals surface area contributed by atoms with E-state index in [9.17, 15) is 9.59 Å². The first kappa shape index (κ1) is 13.5. The molecule has 1 fully saturated rings. The van der Waals surface area contributed by atoms with E-state index in [1.807, 2.05) is 0 Å². The molecule has 1 aromatic rings. The molecule has 0 aliphatic carbocycles. The third-order valence-electron chi connectivity index (χ3n) is 3.35. The van der Waals surface area contributed by atoms with Gasteiger partial charge in [-0.1, -0.05) is 6.92 Å². The topological polar surface area (TPSA) is 73.7 Å². The van der Waals surface area contributed by atoms with Crippen LogP contribution in [0.5, 0.6) is 0 Å². The fourth-order valence-corrected chi connectivity index (χ4v) is 2.17. The number of likely N-dealkylation sites (N-methyl/N-ethyl adjacent to an activating group) is 1. The number of pyridine rings is 1. The van der Waals surface area contributed by atoms with Gasteiger partial charge in [0.15, 0.2) is 0 Å². The normalized spacial score (nSPS) is 16.4. The molecule has 1 aliphatic heterocycles. The van der Waals surface area contributed by atoms with Gasteiger partial charge in [0.1, 0.15) is 5.69 Å². The van der Waals surface area contributed by atoms with E-state index in [0.717, 1.165) is 19.6 Å². The second-order valence-electron chi connectivity index (χ2n) is 4.43. The van der Waals surface area contributed by atoms with E-state index < -0.39 is 5.97 Å². The molecule has 1 amide bonds. The van der Waals surface area contributed by atoms with Gasteiger partial charge in [-0.15, -0.1) is 0 Å². The summed E-state index contributed by atoms with van der Waals surface area (Å²) in [6.07, 6.45) is 1.45. The number of hydrogen-bond acceptors (Lipinski definition) is 4. The Kier molecular flexibility index (Phi) is 4.11. The first-order valence-corrected chi connectivity index (χ1v) is 6.33. The Labute approximate surface area is 111 Å². The fourth-order valence-electron chi connectivity index (χ4n) is 2.17. The number of nitrogens with zero attached hydrogens (tertiary/aromatic N) is 3. The number of aromatic nitrogens is 1. The zero-order valence-corrected chi connectivity index (χ0v) is 10.9. The average molecular weight is 263 g/mol. The molecule has 1 aliphatic rings. The van der Waals surface area contributed by atoms with Crippen molar-refractivity contribution in [1.82, 2.24) is 14.8 Å². The van der Waals surface area contributed by atoms with Gasteiger partial charge in [-0.2, -0.15) is 0 Å². The van der Waals surface area contributed by atoms with Crippen molar-refractivity contribution in [2.24, 2.45) is 0 Å². The van der Waals surface area contributed by atoms with Crippen LogP contribution in [0.4, 0.5) is 0 Å². The van der Waals surface area contributed by atoms with Gasteiger partial charge in [0.05, 0.1) is 5.56 Å². The van der Waals surface area contributed by atoms with Crippen LogP contribution in [0.15, 0.2) is 18.3 Å². The van der Waals surface area contributed by atoms with Gasteiger partial charge in [-0.3, -0.25) is 9.78 Å². The minimum atomic E-state index is -1.12. The van der Waals surface area contributed by atoms with Gasteiger partial charge in [0, 0.05) is 32.4 Å². The molecule has 1 N–H and O–H groups in total. The van der Waals surface area contributed by atoms with Crippen LogP contribution < -0.4 is 0 Å². The molecule has 1 saturated heterocycles. The lowest BCUT2D eigenvalue weighted by Crippen LogP contribution is -2.48. The molecule has 0 aromatic carbocycles. The van der Waals surface area contributed by atoms with Gasteiger partial charge in [-0.25, -0.2) is 4.79 Å². The predicted molar refractivity (Wildman–Crippen MR) is 69.2 cm³/mol. The Hall–Kier alpha value is -1.95. The molecule has 2 rings (SSSR count). The molecule has 0 spiro atoms. The molecule has 19 heavy (non-hydrogen) atoms. The van der Waals surface area contributed by atoms with E-state index >= 15 is 0 Å². The highest BCUT2D eigenvalue weighted by Crippen LogP contribution is 2.11. The summed E-state index contributed by atoms with van der Waals surface area (Å²) < 4.78 is 0. The van der Waals surface area contributed by atoms with Crippen LogP contribution in [0.25, 0.3) is 0 Å². The first-order chi connectivity index (χ1) is 9.13. The van der Waals surface area contributed by atoms with E-state index in [0.29, 0.717) is 13.1 Å². The zero-order chi connectivity index (χ0) is 13.8. The Morgan fingerprint density at radius 2 is 2.00 bits per heavy atom. The molecule has 102 valence electrons. The number of carboxylic acid groups (broad SMARTS) is 1. The second kappa shape index (κ2) is 5.79. The summed E-state index contributed by atoms with van der Waals surface area (Å²) in [7, 11) is 0. The monoisotopic (exact) mass is 263 g/mol. The second-order valence-corrected chi connectivity index (χ2v) is 4.43. The average Bonchev–Trinajstić information content (AvgIpc) is 2.46. The number of piperazine rings is 1. The lowest BCUT2D eigenvalue weighted by atomic mass is 10.1. The van der Waals surface area contributed by atoms with Crippen molar-refractivity contribution >= 4 is 11.9 Å². The maximum atomic E-state index is 12.3. The summed E-state index contributed by atoms with van der Waals surface area (Å²) in [5.74, 6) is -1.42. The SMILES string of the molecule is CCN1CCN(C(=O)c2ncccc2C(=O)O)CC1. The zero-order valence-electron chi connectivity index (χ0n) is 10.9. The number of rotatable bonds is 3. The van der Waals surface area contributed by atoms with Gasteiger partial charge in [0.25, 0.3) is 5.91 Å². The fraction of sp³-hybridized carbons (Fsp3) is 0.462. The molecular weight excluding hydrogens is 246 g/mol. The maximum Gasteiger partial charge on any atom is 0.338 e. The smallest absolute Gasteiger partial charge is 0.338 e. The highest BCUT2D eigenvalue weighted by molar-refractivity contribution is 6.03. The summed E-state index contributed by atoms with van der Waals surface area (Å²) >= 11 is 0. The first-order valence-electron chi connectivity index (χ1n) is 6.33. The van der Waals surface area contributed by atoms with E-state index in [2.05, 4.69) is 16.8 Å². The van der Waals surface area contributed by atoms with Crippen LogP contribution in [0, 0.1) is 0 Å². The van der Waals surface area contributed by atoms with Crippen molar-refractivity contribution in [3.05, 3.63) is 29.6 Å². The van der Waals surface area contributed by atoms with Gasteiger partial charge < -0.3 is 14.9 Å². The van der Waals surface area contributed by atoms with Crippen LogP contribution in [-0.2, 0) is 0 Å². The Bertz CT molecular complexity index is 482. The Morgan fingerprint density at radius 1 is 1.32 bits per heavy atom. The van der Waals surface area contributed by atoms with E-state index in [1.165, 1.54) is 18.3 Å². The highest BCUT2D eigenvalue weighted by Gasteiger charge is 2.25. The third kappa shape index (κ3) is 2.90. The standard InChI is InChI=1S/C13H17N3O3/c1-2-15-6-8-16(9-7-15)12(17)11-10(13(18)19)4-3-5-14-11/h3-5H,2,6-9H2,1H3,(H,18,19). The van der Waals surface area contributed by atoms with Crippen LogP contribution in [0.2, 0.25) is 0 Å². The van der Waals surface area contributed by atoms with E-state index in [4.69, 9.17) is 5.11 Å². The lowest BCUT2D eigenvalue weighted by molar-refractivity contribution is 0.0615. The van der Waals surface area contributed by atoms with Gasteiger partial charge in [0.2, 0.25) is 0 Å². The third-order valence-corrected chi connectivity index (χ3v) is 3.35. The largest absolute Gasteiger partial charge is 0.478 e. The summed E-state index contributed by atoms with van der Waals surface area (Å²) in [6.45, 7) is 5.91. The van der Waals surface area contributed by atoms with Crippen LogP contribution in [0.1, 0.15) is 27.8 Å². The highest BCUT2D eigenvalue weighted by atomic mass is 16.4.